The van der Waals surface area contributed by atoms with Crippen LogP contribution in [-0.4, -0.2) is 32.7 Å². The van der Waals surface area contributed by atoms with Gasteiger partial charge in [0, 0.05) is 36.6 Å². The number of pyridine rings is 1. The number of aromatic nitrogens is 4. The second-order valence-electron chi connectivity index (χ2n) is 8.74. The maximum absolute atomic E-state index is 14.8. The first-order valence-corrected chi connectivity index (χ1v) is 10.8. The predicted octanol–water partition coefficient (Wildman–Crippen LogP) is 3.91. The van der Waals surface area contributed by atoms with Gasteiger partial charge in [-0.1, -0.05) is 18.2 Å². The van der Waals surface area contributed by atoms with Gasteiger partial charge in [0.1, 0.15) is 11.3 Å². The second-order valence-corrected chi connectivity index (χ2v) is 8.74. The third kappa shape index (κ3) is 2.75. The molecule has 162 valence electrons. The lowest BCUT2D eigenvalue weighted by molar-refractivity contribution is 0.187. The average molecular weight is 432 g/mol. The number of nitrogens with zero attached hydrogens (tertiary/aromatic N) is 5. The molecule has 0 unspecified atom stereocenters. The van der Waals surface area contributed by atoms with Crippen LogP contribution in [0.15, 0.2) is 55.0 Å². The first-order chi connectivity index (χ1) is 15.6. The highest BCUT2D eigenvalue weighted by atomic mass is 19.1. The van der Waals surface area contributed by atoms with E-state index in [9.17, 15) is 8.78 Å². The molecule has 4 aromatic rings. The molecule has 1 spiro atoms. The van der Waals surface area contributed by atoms with Gasteiger partial charge in [-0.15, -0.1) is 0 Å². The normalized spacial score (nSPS) is 19.6. The molecule has 2 N–H and O–H groups in total. The molecule has 4 heterocycles. The molecule has 1 saturated heterocycles. The van der Waals surface area contributed by atoms with E-state index in [0.717, 1.165) is 36.7 Å². The van der Waals surface area contributed by atoms with E-state index < -0.39 is 11.6 Å². The third-order valence-corrected chi connectivity index (χ3v) is 7.12. The average Bonchev–Trinajstić information content (AvgIpc) is 3.33. The van der Waals surface area contributed by atoms with Crippen LogP contribution in [0.1, 0.15) is 30.1 Å². The van der Waals surface area contributed by atoms with E-state index in [0.29, 0.717) is 30.2 Å². The Bertz CT molecular complexity index is 1330. The van der Waals surface area contributed by atoms with Crippen molar-refractivity contribution in [3.05, 3.63) is 77.9 Å². The summed E-state index contributed by atoms with van der Waals surface area (Å²) >= 11 is 0. The lowest BCUT2D eigenvalue weighted by Gasteiger charge is -2.42. The minimum atomic E-state index is -0.472. The quantitative estimate of drug-likeness (QED) is 0.520. The van der Waals surface area contributed by atoms with Gasteiger partial charge in [0.15, 0.2) is 11.6 Å². The highest BCUT2D eigenvalue weighted by Crippen LogP contribution is 2.50. The summed E-state index contributed by atoms with van der Waals surface area (Å²) in [6.07, 6.45) is 7.14. The van der Waals surface area contributed by atoms with Crippen molar-refractivity contribution in [2.45, 2.75) is 25.3 Å². The Morgan fingerprint density at radius 3 is 2.56 bits per heavy atom. The van der Waals surface area contributed by atoms with Crippen molar-refractivity contribution in [1.82, 2.24) is 19.6 Å². The van der Waals surface area contributed by atoms with Gasteiger partial charge >= 0.3 is 0 Å². The zero-order valence-corrected chi connectivity index (χ0v) is 17.4. The van der Waals surface area contributed by atoms with Gasteiger partial charge in [0.2, 0.25) is 0 Å². The van der Waals surface area contributed by atoms with E-state index >= 15 is 0 Å². The van der Waals surface area contributed by atoms with E-state index in [2.05, 4.69) is 26.0 Å². The number of hydrogen-bond acceptors (Lipinski definition) is 5. The fourth-order valence-corrected chi connectivity index (χ4v) is 5.34. The smallest absolute Gasteiger partial charge is 0.172 e. The number of piperidine rings is 1. The summed E-state index contributed by atoms with van der Waals surface area (Å²) in [5, 5.41) is 4.18. The summed E-state index contributed by atoms with van der Waals surface area (Å²) in [7, 11) is 0. The molecular weight excluding hydrogens is 410 g/mol. The molecule has 0 radical (unpaired) electrons. The van der Waals surface area contributed by atoms with Crippen molar-refractivity contribution < 1.29 is 8.78 Å². The number of hydrogen-bond donors (Lipinski definition) is 1. The third-order valence-electron chi connectivity index (χ3n) is 7.12. The van der Waals surface area contributed by atoms with E-state index in [-0.39, 0.29) is 17.0 Å². The number of fused-ring (bicyclic) bond motifs is 2. The first kappa shape index (κ1) is 19.3. The predicted molar refractivity (Wildman–Crippen MR) is 117 cm³/mol. The topological polar surface area (TPSA) is 72.3 Å². The van der Waals surface area contributed by atoms with Crippen molar-refractivity contribution in [2.24, 2.45) is 11.1 Å². The molecule has 3 aromatic heterocycles. The molecule has 6 nitrogen and oxygen atoms in total. The zero-order valence-electron chi connectivity index (χ0n) is 17.4. The van der Waals surface area contributed by atoms with Crippen LogP contribution in [0.2, 0.25) is 0 Å². The number of halogens is 2. The summed E-state index contributed by atoms with van der Waals surface area (Å²) in [6.45, 7) is 1.40. The van der Waals surface area contributed by atoms with Crippen LogP contribution in [0.5, 0.6) is 0 Å². The SMILES string of the molecule is N[C@@H]1c2cccnc2CC12CCN(c1ncc(-c3ccccc3F)n3ncc(F)c13)CC2. The fraction of sp³-hybridized carbons (Fsp3) is 0.292. The first-order valence-electron chi connectivity index (χ1n) is 10.8. The molecule has 2 aliphatic rings. The molecule has 32 heavy (non-hydrogen) atoms. The van der Waals surface area contributed by atoms with Crippen molar-refractivity contribution in [1.29, 1.82) is 0 Å². The largest absolute Gasteiger partial charge is 0.355 e. The van der Waals surface area contributed by atoms with E-state index in [1.54, 1.807) is 24.4 Å². The summed E-state index contributed by atoms with van der Waals surface area (Å²) in [5.74, 6) is -0.347. The van der Waals surface area contributed by atoms with E-state index in [1.807, 2.05) is 12.3 Å². The Hall–Kier alpha value is -3.39. The fourth-order valence-electron chi connectivity index (χ4n) is 5.34. The Labute approximate surface area is 183 Å². The molecular formula is C24H22F2N6. The van der Waals surface area contributed by atoms with Gasteiger partial charge in [-0.05, 0) is 48.4 Å². The minimum Gasteiger partial charge on any atom is -0.355 e. The van der Waals surface area contributed by atoms with Crippen molar-refractivity contribution in [3.63, 3.8) is 0 Å². The lowest BCUT2D eigenvalue weighted by Crippen LogP contribution is -2.44. The molecule has 1 atom stereocenters. The Morgan fingerprint density at radius 1 is 0.969 bits per heavy atom. The van der Waals surface area contributed by atoms with Gasteiger partial charge in [-0.3, -0.25) is 4.98 Å². The minimum absolute atomic E-state index is 0.0324. The van der Waals surface area contributed by atoms with Gasteiger partial charge in [0.05, 0.1) is 18.1 Å². The molecule has 1 aliphatic carbocycles. The molecule has 0 amide bonds. The number of rotatable bonds is 2. The molecule has 0 saturated carbocycles. The molecule has 8 heteroatoms. The molecule has 6 rings (SSSR count). The van der Waals surface area contributed by atoms with Gasteiger partial charge in [-0.2, -0.15) is 5.10 Å². The van der Waals surface area contributed by atoms with Crippen LogP contribution in [-0.2, 0) is 6.42 Å². The van der Waals surface area contributed by atoms with Gasteiger partial charge in [-0.25, -0.2) is 18.3 Å². The van der Waals surface area contributed by atoms with Gasteiger partial charge < -0.3 is 10.6 Å². The Morgan fingerprint density at radius 2 is 1.78 bits per heavy atom. The standard InChI is InChI=1S/C24H22F2N6/c25-17-6-2-1-4-15(17)20-14-29-23(21-18(26)13-30-32(20)21)31-10-7-24(8-11-31)12-19-16(22(24)27)5-3-9-28-19/h1-6,9,13-14,22H,7-8,10-12,27H2/t22-/m1/s1. The zero-order chi connectivity index (χ0) is 21.9. The van der Waals surface area contributed by atoms with E-state index in [1.165, 1.54) is 10.6 Å². The monoisotopic (exact) mass is 432 g/mol. The summed E-state index contributed by atoms with van der Waals surface area (Å²) in [6, 6.07) is 10.3. The maximum atomic E-state index is 14.8. The van der Waals surface area contributed by atoms with E-state index in [4.69, 9.17) is 5.73 Å². The summed E-state index contributed by atoms with van der Waals surface area (Å²) < 4.78 is 30.7. The van der Waals surface area contributed by atoms with Crippen LogP contribution in [0.3, 0.4) is 0 Å². The van der Waals surface area contributed by atoms with Crippen LogP contribution in [0, 0.1) is 17.0 Å². The highest BCUT2D eigenvalue weighted by molar-refractivity contribution is 5.74. The summed E-state index contributed by atoms with van der Waals surface area (Å²) in [4.78, 5) is 11.2. The molecule has 1 fully saturated rings. The summed E-state index contributed by atoms with van der Waals surface area (Å²) in [5.41, 5.74) is 9.86. The van der Waals surface area contributed by atoms with Crippen LogP contribution < -0.4 is 10.6 Å². The Balaban J connectivity index is 1.33. The highest BCUT2D eigenvalue weighted by Gasteiger charge is 2.46. The van der Waals surface area contributed by atoms with Crippen molar-refractivity contribution in [2.75, 3.05) is 18.0 Å². The second kappa shape index (κ2) is 7.06. The van der Waals surface area contributed by atoms with Crippen LogP contribution in [0.25, 0.3) is 16.8 Å². The van der Waals surface area contributed by atoms with Crippen LogP contribution in [0.4, 0.5) is 14.6 Å². The maximum Gasteiger partial charge on any atom is 0.172 e. The number of benzene rings is 1. The van der Waals surface area contributed by atoms with Crippen molar-refractivity contribution >= 4 is 11.3 Å². The van der Waals surface area contributed by atoms with Crippen molar-refractivity contribution in [3.8, 4) is 11.3 Å². The van der Waals surface area contributed by atoms with Gasteiger partial charge in [0.25, 0.3) is 0 Å². The molecule has 0 bridgehead atoms. The van der Waals surface area contributed by atoms with Crippen LogP contribution >= 0.6 is 0 Å². The number of anilines is 1. The molecule has 1 aliphatic heterocycles. The number of nitrogens with two attached hydrogens (primary N) is 1. The Kier molecular flexibility index (Phi) is 4.26. The lowest BCUT2D eigenvalue weighted by atomic mass is 9.73. The molecule has 1 aromatic carbocycles.